The number of benzene rings is 2. The van der Waals surface area contributed by atoms with Crippen LogP contribution >= 0.6 is 0 Å². The summed E-state index contributed by atoms with van der Waals surface area (Å²) in [4.78, 5) is 12.0. The van der Waals surface area contributed by atoms with Crippen LogP contribution < -0.4 is 5.32 Å². The van der Waals surface area contributed by atoms with E-state index in [0.717, 1.165) is 5.56 Å². The summed E-state index contributed by atoms with van der Waals surface area (Å²) in [5.74, 6) is -4.19. The van der Waals surface area contributed by atoms with E-state index < -0.39 is 36.8 Å². The van der Waals surface area contributed by atoms with Gasteiger partial charge in [0.2, 0.25) is 5.91 Å². The molecule has 1 amide bonds. The van der Waals surface area contributed by atoms with Gasteiger partial charge in [-0.25, -0.2) is 8.78 Å². The Hall–Kier alpha value is -2.78. The molecule has 0 spiro atoms. The van der Waals surface area contributed by atoms with Crippen LogP contribution in [0.2, 0.25) is 0 Å². The molecule has 0 aliphatic rings. The maximum absolute atomic E-state index is 14.1. The molecule has 0 saturated heterocycles. The van der Waals surface area contributed by atoms with Crippen molar-refractivity contribution >= 4 is 5.91 Å². The summed E-state index contributed by atoms with van der Waals surface area (Å²) in [7, 11) is 0. The molecule has 142 valence electrons. The van der Waals surface area contributed by atoms with Gasteiger partial charge in [0.05, 0.1) is 6.07 Å². The Morgan fingerprint density at radius 1 is 1.07 bits per heavy atom. The van der Waals surface area contributed by atoms with Crippen LogP contribution in [0.15, 0.2) is 60.7 Å². The summed E-state index contributed by atoms with van der Waals surface area (Å²) in [6.07, 6.45) is -2.55. The molecule has 0 aromatic heterocycles. The molecular formula is C21H22F2N2O2. The van der Waals surface area contributed by atoms with E-state index in [2.05, 4.69) is 5.32 Å². The highest BCUT2D eigenvalue weighted by molar-refractivity contribution is 5.81. The Balaban J connectivity index is 1.84. The molecule has 0 heterocycles. The van der Waals surface area contributed by atoms with Crippen molar-refractivity contribution < 1.29 is 18.7 Å². The number of amides is 1. The van der Waals surface area contributed by atoms with Gasteiger partial charge < -0.3 is 10.4 Å². The van der Waals surface area contributed by atoms with Crippen molar-refractivity contribution in [1.29, 1.82) is 5.26 Å². The van der Waals surface area contributed by atoms with E-state index in [1.54, 1.807) is 30.3 Å². The lowest BCUT2D eigenvalue weighted by atomic mass is 10.0. The quantitative estimate of drug-likeness (QED) is 0.710. The first-order valence-electron chi connectivity index (χ1n) is 8.73. The lowest BCUT2D eigenvalue weighted by molar-refractivity contribution is -0.135. The van der Waals surface area contributed by atoms with Crippen molar-refractivity contribution in [2.75, 3.05) is 0 Å². The van der Waals surface area contributed by atoms with Crippen molar-refractivity contribution in [3.63, 3.8) is 0 Å². The molecule has 2 aromatic carbocycles. The van der Waals surface area contributed by atoms with Crippen molar-refractivity contribution in [2.24, 2.45) is 0 Å². The van der Waals surface area contributed by atoms with Crippen LogP contribution in [0.3, 0.4) is 0 Å². The van der Waals surface area contributed by atoms with E-state index in [1.807, 2.05) is 36.4 Å². The summed E-state index contributed by atoms with van der Waals surface area (Å²) in [6, 6.07) is 18.6. The topological polar surface area (TPSA) is 73.1 Å². The molecule has 0 bridgehead atoms. The van der Waals surface area contributed by atoms with Crippen LogP contribution in [0.25, 0.3) is 0 Å². The Labute approximate surface area is 157 Å². The number of hydrogen-bond donors (Lipinski definition) is 2. The zero-order valence-electron chi connectivity index (χ0n) is 14.8. The molecule has 0 saturated carbocycles. The molecule has 0 fully saturated rings. The Kier molecular flexibility index (Phi) is 7.44. The first kappa shape index (κ1) is 20.5. The number of alkyl halides is 2. The predicted molar refractivity (Wildman–Crippen MR) is 98.0 cm³/mol. The molecule has 2 rings (SSSR count). The third-order valence-electron chi connectivity index (χ3n) is 4.14. The molecule has 2 N–H and O–H groups in total. The molecule has 2 aromatic rings. The Morgan fingerprint density at radius 3 is 2.19 bits per heavy atom. The molecule has 27 heavy (non-hydrogen) atoms. The number of rotatable bonds is 9. The summed E-state index contributed by atoms with van der Waals surface area (Å²) >= 11 is 0. The number of aryl methyl sites for hydroxylation is 1. The number of aliphatic hydroxyl groups is 1. The number of nitriles is 1. The number of carbonyl (C=O) groups is 1. The summed E-state index contributed by atoms with van der Waals surface area (Å²) in [5, 5.41) is 21.4. The van der Waals surface area contributed by atoms with Crippen molar-refractivity contribution in [3.8, 4) is 6.07 Å². The van der Waals surface area contributed by atoms with E-state index in [-0.39, 0.29) is 0 Å². The lowest BCUT2D eigenvalue weighted by Gasteiger charge is -2.21. The van der Waals surface area contributed by atoms with Crippen molar-refractivity contribution in [1.82, 2.24) is 5.32 Å². The van der Waals surface area contributed by atoms with Crippen molar-refractivity contribution in [3.05, 3.63) is 71.8 Å². The molecule has 2 atom stereocenters. The SMILES string of the molecule is N#C[C@H](CCc1ccccc1)NC(=O)C(O)CC(F)(F)Cc1ccccc1. The fourth-order valence-electron chi connectivity index (χ4n) is 2.73. The third kappa shape index (κ3) is 7.16. The van der Waals surface area contributed by atoms with Crippen LogP contribution in [0.4, 0.5) is 8.78 Å². The smallest absolute Gasteiger partial charge is 0.255 e. The number of aliphatic hydroxyl groups excluding tert-OH is 1. The molecule has 0 radical (unpaired) electrons. The highest BCUT2D eigenvalue weighted by atomic mass is 19.3. The first-order valence-corrected chi connectivity index (χ1v) is 8.73. The molecule has 4 nitrogen and oxygen atoms in total. The highest BCUT2D eigenvalue weighted by Gasteiger charge is 2.35. The van der Waals surface area contributed by atoms with Crippen LogP contribution in [0.1, 0.15) is 24.0 Å². The average molecular weight is 372 g/mol. The van der Waals surface area contributed by atoms with E-state index in [4.69, 9.17) is 5.26 Å². The molecular weight excluding hydrogens is 350 g/mol. The third-order valence-corrected chi connectivity index (χ3v) is 4.14. The Bertz CT molecular complexity index is 761. The van der Waals surface area contributed by atoms with Gasteiger partial charge in [0, 0.05) is 12.8 Å². The van der Waals surface area contributed by atoms with Gasteiger partial charge in [-0.1, -0.05) is 60.7 Å². The largest absolute Gasteiger partial charge is 0.383 e. The van der Waals surface area contributed by atoms with Gasteiger partial charge in [0.1, 0.15) is 12.1 Å². The maximum Gasteiger partial charge on any atom is 0.255 e. The van der Waals surface area contributed by atoms with Gasteiger partial charge in [0.15, 0.2) is 0 Å². The molecule has 0 aliphatic heterocycles. The second kappa shape index (κ2) is 9.79. The van der Waals surface area contributed by atoms with Crippen LogP contribution in [0, 0.1) is 11.3 Å². The lowest BCUT2D eigenvalue weighted by Crippen LogP contribution is -2.43. The van der Waals surface area contributed by atoms with Crippen LogP contribution in [-0.2, 0) is 17.6 Å². The van der Waals surface area contributed by atoms with Gasteiger partial charge >= 0.3 is 0 Å². The zero-order chi connectivity index (χ0) is 19.7. The van der Waals surface area contributed by atoms with E-state index in [1.165, 1.54) is 0 Å². The highest BCUT2D eigenvalue weighted by Crippen LogP contribution is 2.25. The van der Waals surface area contributed by atoms with E-state index in [0.29, 0.717) is 18.4 Å². The normalized spacial score (nSPS) is 13.4. The summed E-state index contributed by atoms with van der Waals surface area (Å²) in [5.41, 5.74) is 1.43. The fourth-order valence-corrected chi connectivity index (χ4v) is 2.73. The number of hydrogen-bond acceptors (Lipinski definition) is 3. The van der Waals surface area contributed by atoms with Gasteiger partial charge in [-0.05, 0) is 24.0 Å². The minimum Gasteiger partial charge on any atom is -0.383 e. The van der Waals surface area contributed by atoms with Crippen LogP contribution in [-0.4, -0.2) is 29.1 Å². The van der Waals surface area contributed by atoms with E-state index in [9.17, 15) is 18.7 Å². The molecule has 1 unspecified atom stereocenters. The first-order chi connectivity index (χ1) is 12.9. The van der Waals surface area contributed by atoms with Gasteiger partial charge in [-0.2, -0.15) is 5.26 Å². The minimum atomic E-state index is -3.23. The average Bonchev–Trinajstić information content (AvgIpc) is 2.65. The number of nitrogens with zero attached hydrogens (tertiary/aromatic N) is 1. The fraction of sp³-hybridized carbons (Fsp3) is 0.333. The molecule has 0 aliphatic carbocycles. The number of carbonyl (C=O) groups excluding carboxylic acids is 1. The minimum absolute atomic E-state index is 0.333. The predicted octanol–water partition coefficient (Wildman–Crippen LogP) is 3.26. The second-order valence-corrected chi connectivity index (χ2v) is 6.45. The summed E-state index contributed by atoms with van der Waals surface area (Å²) < 4.78 is 28.2. The van der Waals surface area contributed by atoms with Crippen molar-refractivity contribution in [2.45, 2.75) is 43.8 Å². The second-order valence-electron chi connectivity index (χ2n) is 6.45. The standard InChI is InChI=1S/C21H22F2N2O2/c22-21(23,13-17-9-5-2-6-10-17)14-19(26)20(27)25-18(15-24)12-11-16-7-3-1-4-8-16/h1-10,18-19,26H,11-14H2,(H,25,27)/t18-,19?/m0/s1. The Morgan fingerprint density at radius 2 is 1.63 bits per heavy atom. The van der Waals surface area contributed by atoms with Crippen LogP contribution in [0.5, 0.6) is 0 Å². The van der Waals surface area contributed by atoms with E-state index >= 15 is 0 Å². The van der Waals surface area contributed by atoms with Gasteiger partial charge in [-0.15, -0.1) is 0 Å². The maximum atomic E-state index is 14.1. The van der Waals surface area contributed by atoms with Gasteiger partial charge in [0.25, 0.3) is 5.92 Å². The number of halogens is 2. The van der Waals surface area contributed by atoms with Gasteiger partial charge in [-0.3, -0.25) is 4.79 Å². The zero-order valence-corrected chi connectivity index (χ0v) is 14.8. The number of nitrogens with one attached hydrogen (secondary N) is 1. The summed E-state index contributed by atoms with van der Waals surface area (Å²) in [6.45, 7) is 0. The monoisotopic (exact) mass is 372 g/mol. The molecule has 6 heteroatoms.